The first-order chi connectivity index (χ1) is 8.88. The van der Waals surface area contributed by atoms with Crippen LogP contribution in [-0.4, -0.2) is 4.58 Å². The second-order valence-corrected chi connectivity index (χ2v) is 6.50. The summed E-state index contributed by atoms with van der Waals surface area (Å²) >= 11 is 3.50. The van der Waals surface area contributed by atoms with Crippen LogP contribution in [0.5, 0.6) is 0 Å². The van der Waals surface area contributed by atoms with Crippen molar-refractivity contribution in [2.45, 2.75) is 20.8 Å². The van der Waals surface area contributed by atoms with Crippen LogP contribution in [0.3, 0.4) is 0 Å². The Morgan fingerprint density at radius 1 is 0.833 bits per heavy atom. The number of nitrogens with zero attached hydrogens (tertiary/aromatic N) is 1. The standard InChI is InChI=1S/C15H13NS2/c16-12-11-15(17-13-7-3-1-4-8-13)18-14-9-5-2-6-10-14/h1-10,15H,11H2. The lowest BCUT2D eigenvalue weighted by atomic mass is 10.4. The van der Waals surface area contributed by atoms with Gasteiger partial charge in [0.1, 0.15) is 0 Å². The van der Waals surface area contributed by atoms with Gasteiger partial charge in [-0.15, -0.1) is 23.5 Å². The van der Waals surface area contributed by atoms with Crippen LogP contribution in [0, 0.1) is 11.3 Å². The van der Waals surface area contributed by atoms with Gasteiger partial charge in [-0.05, 0) is 24.3 Å². The molecule has 0 spiro atoms. The lowest BCUT2D eigenvalue weighted by molar-refractivity contribution is 1.17. The van der Waals surface area contributed by atoms with E-state index in [9.17, 15) is 0 Å². The van der Waals surface area contributed by atoms with E-state index >= 15 is 0 Å². The predicted octanol–water partition coefficient (Wildman–Crippen LogP) is 4.81. The first-order valence-corrected chi connectivity index (χ1v) is 7.45. The minimum atomic E-state index is 0.236. The number of nitriles is 1. The average molecular weight is 271 g/mol. The van der Waals surface area contributed by atoms with Crippen molar-refractivity contribution in [1.29, 1.82) is 5.26 Å². The molecule has 0 atom stereocenters. The number of hydrogen-bond donors (Lipinski definition) is 0. The van der Waals surface area contributed by atoms with Crippen LogP contribution in [0.15, 0.2) is 70.5 Å². The van der Waals surface area contributed by atoms with Crippen LogP contribution in [0.2, 0.25) is 0 Å². The zero-order valence-electron chi connectivity index (χ0n) is 9.82. The maximum atomic E-state index is 8.92. The number of hydrogen-bond acceptors (Lipinski definition) is 3. The van der Waals surface area contributed by atoms with Gasteiger partial charge in [0.15, 0.2) is 0 Å². The van der Waals surface area contributed by atoms with Crippen molar-refractivity contribution in [3.63, 3.8) is 0 Å². The van der Waals surface area contributed by atoms with Crippen LogP contribution in [0.4, 0.5) is 0 Å². The maximum Gasteiger partial charge on any atom is 0.0726 e. The molecule has 0 amide bonds. The Morgan fingerprint density at radius 3 is 1.67 bits per heavy atom. The molecule has 2 rings (SSSR count). The minimum Gasteiger partial charge on any atom is -0.198 e. The molecule has 3 heteroatoms. The fraction of sp³-hybridized carbons (Fsp3) is 0.133. The summed E-state index contributed by atoms with van der Waals surface area (Å²) in [5.41, 5.74) is 0. The zero-order chi connectivity index (χ0) is 12.6. The molecule has 0 heterocycles. The molecule has 0 aliphatic carbocycles. The first kappa shape index (κ1) is 13.1. The van der Waals surface area contributed by atoms with Gasteiger partial charge in [-0.25, -0.2) is 0 Å². The molecule has 0 unspecified atom stereocenters. The Morgan fingerprint density at radius 2 is 1.28 bits per heavy atom. The Bertz CT molecular complexity index is 464. The lowest BCUT2D eigenvalue weighted by Gasteiger charge is -2.12. The van der Waals surface area contributed by atoms with Gasteiger partial charge >= 0.3 is 0 Å². The molecular formula is C15H13NS2. The molecule has 2 aromatic carbocycles. The molecule has 0 N–H and O–H groups in total. The summed E-state index contributed by atoms with van der Waals surface area (Å²) in [7, 11) is 0. The van der Waals surface area contributed by atoms with Crippen molar-refractivity contribution in [3.8, 4) is 6.07 Å². The van der Waals surface area contributed by atoms with Crippen LogP contribution in [0.25, 0.3) is 0 Å². The normalized spacial score (nSPS) is 10.2. The summed E-state index contributed by atoms with van der Waals surface area (Å²) in [6.45, 7) is 0. The third-order valence-electron chi connectivity index (χ3n) is 2.28. The molecular weight excluding hydrogens is 258 g/mol. The smallest absolute Gasteiger partial charge is 0.0726 e. The van der Waals surface area contributed by atoms with E-state index < -0.39 is 0 Å². The van der Waals surface area contributed by atoms with Gasteiger partial charge in [-0.3, -0.25) is 0 Å². The molecule has 0 saturated carbocycles. The molecule has 0 aliphatic rings. The van der Waals surface area contributed by atoms with Crippen molar-refractivity contribution < 1.29 is 0 Å². The SMILES string of the molecule is N#CCC(Sc1ccccc1)Sc1ccccc1. The number of rotatable bonds is 5. The number of thioether (sulfide) groups is 2. The molecule has 0 radical (unpaired) electrons. The van der Waals surface area contributed by atoms with E-state index in [4.69, 9.17) is 5.26 Å². The van der Waals surface area contributed by atoms with Crippen LogP contribution >= 0.6 is 23.5 Å². The largest absolute Gasteiger partial charge is 0.198 e. The Hall–Kier alpha value is -1.37. The summed E-state index contributed by atoms with van der Waals surface area (Å²) < 4.78 is 0.236. The zero-order valence-corrected chi connectivity index (χ0v) is 11.5. The number of benzene rings is 2. The quantitative estimate of drug-likeness (QED) is 0.576. The topological polar surface area (TPSA) is 23.8 Å². The van der Waals surface area contributed by atoms with Crippen LogP contribution in [-0.2, 0) is 0 Å². The van der Waals surface area contributed by atoms with E-state index in [-0.39, 0.29) is 4.58 Å². The second kappa shape index (κ2) is 7.15. The highest BCUT2D eigenvalue weighted by atomic mass is 32.2. The molecule has 2 aromatic rings. The minimum absolute atomic E-state index is 0.236. The van der Waals surface area contributed by atoms with Crippen molar-refractivity contribution in [2.75, 3.05) is 0 Å². The van der Waals surface area contributed by atoms with E-state index in [1.54, 1.807) is 23.5 Å². The van der Waals surface area contributed by atoms with E-state index in [0.29, 0.717) is 6.42 Å². The molecule has 90 valence electrons. The Kier molecular flexibility index (Phi) is 5.19. The second-order valence-electron chi connectivity index (χ2n) is 3.65. The van der Waals surface area contributed by atoms with Gasteiger partial charge in [0.2, 0.25) is 0 Å². The van der Waals surface area contributed by atoms with Gasteiger partial charge in [0, 0.05) is 9.79 Å². The van der Waals surface area contributed by atoms with E-state index in [1.807, 2.05) is 36.4 Å². The summed E-state index contributed by atoms with van der Waals surface area (Å²) in [6, 6.07) is 22.7. The molecule has 0 bridgehead atoms. The van der Waals surface area contributed by atoms with E-state index in [2.05, 4.69) is 30.3 Å². The summed E-state index contributed by atoms with van der Waals surface area (Å²) in [4.78, 5) is 2.42. The molecule has 18 heavy (non-hydrogen) atoms. The maximum absolute atomic E-state index is 8.92. The van der Waals surface area contributed by atoms with Gasteiger partial charge in [0.05, 0.1) is 17.1 Å². The highest BCUT2D eigenvalue weighted by molar-refractivity contribution is 8.17. The molecule has 0 aliphatic heterocycles. The van der Waals surface area contributed by atoms with E-state index in [0.717, 1.165) is 0 Å². The Balaban J connectivity index is 2.03. The van der Waals surface area contributed by atoms with Gasteiger partial charge in [-0.2, -0.15) is 5.26 Å². The molecule has 0 saturated heterocycles. The fourth-order valence-corrected chi connectivity index (χ4v) is 3.89. The lowest BCUT2D eigenvalue weighted by Crippen LogP contribution is -1.94. The van der Waals surface area contributed by atoms with Crippen LogP contribution < -0.4 is 0 Å². The summed E-state index contributed by atoms with van der Waals surface area (Å²) in [5.74, 6) is 0. The third-order valence-corrected chi connectivity index (χ3v) is 4.80. The van der Waals surface area contributed by atoms with Gasteiger partial charge in [-0.1, -0.05) is 36.4 Å². The highest BCUT2D eigenvalue weighted by Crippen LogP contribution is 2.36. The van der Waals surface area contributed by atoms with Gasteiger partial charge in [0.25, 0.3) is 0 Å². The van der Waals surface area contributed by atoms with Crippen molar-refractivity contribution >= 4 is 23.5 Å². The van der Waals surface area contributed by atoms with Crippen molar-refractivity contribution in [3.05, 3.63) is 60.7 Å². The van der Waals surface area contributed by atoms with E-state index in [1.165, 1.54) is 9.79 Å². The fourth-order valence-electron chi connectivity index (χ4n) is 1.48. The van der Waals surface area contributed by atoms with Crippen molar-refractivity contribution in [1.82, 2.24) is 0 Å². The highest BCUT2D eigenvalue weighted by Gasteiger charge is 2.11. The Labute approximate surface area is 116 Å². The third kappa shape index (κ3) is 4.14. The average Bonchev–Trinajstić information content (AvgIpc) is 2.41. The molecule has 0 fully saturated rings. The van der Waals surface area contributed by atoms with Gasteiger partial charge < -0.3 is 0 Å². The molecule has 0 aromatic heterocycles. The molecule has 1 nitrogen and oxygen atoms in total. The monoisotopic (exact) mass is 271 g/mol. The summed E-state index contributed by atoms with van der Waals surface area (Å²) in [6.07, 6.45) is 0.541. The van der Waals surface area contributed by atoms with Crippen LogP contribution in [0.1, 0.15) is 6.42 Å². The first-order valence-electron chi connectivity index (χ1n) is 5.69. The predicted molar refractivity (Wildman–Crippen MR) is 78.6 cm³/mol. The van der Waals surface area contributed by atoms with Crippen molar-refractivity contribution in [2.24, 2.45) is 0 Å². The summed E-state index contributed by atoms with van der Waals surface area (Å²) in [5, 5.41) is 8.92.